The molecule has 164 valence electrons. The SMILES string of the molecule is Cc1ccc(N2C(=O)[C@@H]3[C@@H]4CCCN4[C@]4(C(=O)Nc5c4ccc(C)c5C)[C@H]3C2=O)c(Br)c1. The molecule has 0 saturated carbocycles. The predicted molar refractivity (Wildman–Crippen MR) is 124 cm³/mol. The molecule has 0 bridgehead atoms. The van der Waals surface area contributed by atoms with Crippen LogP contribution < -0.4 is 10.2 Å². The number of fused-ring (bicyclic) bond motifs is 7. The van der Waals surface area contributed by atoms with Gasteiger partial charge in [-0.25, -0.2) is 4.90 Å². The van der Waals surface area contributed by atoms with Gasteiger partial charge in [-0.05, 0) is 84.9 Å². The van der Waals surface area contributed by atoms with Crippen LogP contribution in [0.3, 0.4) is 0 Å². The van der Waals surface area contributed by atoms with E-state index in [2.05, 4.69) is 26.1 Å². The molecule has 7 heteroatoms. The van der Waals surface area contributed by atoms with Gasteiger partial charge < -0.3 is 5.32 Å². The van der Waals surface area contributed by atoms with E-state index in [1.807, 2.05) is 51.1 Å². The van der Waals surface area contributed by atoms with Crippen molar-refractivity contribution in [2.45, 2.75) is 45.2 Å². The van der Waals surface area contributed by atoms with E-state index in [0.717, 1.165) is 40.8 Å². The normalized spacial score (nSPS) is 30.8. The molecule has 3 amide bonds. The maximum absolute atomic E-state index is 14.0. The first kappa shape index (κ1) is 20.1. The largest absolute Gasteiger partial charge is 0.324 e. The molecule has 3 fully saturated rings. The Hall–Kier alpha value is -2.51. The van der Waals surface area contributed by atoms with Crippen LogP contribution in [0.5, 0.6) is 0 Å². The molecule has 4 atom stereocenters. The minimum Gasteiger partial charge on any atom is -0.324 e. The van der Waals surface area contributed by atoms with Gasteiger partial charge in [-0.15, -0.1) is 0 Å². The summed E-state index contributed by atoms with van der Waals surface area (Å²) in [5.74, 6) is -1.89. The number of carbonyl (C=O) groups is 3. The van der Waals surface area contributed by atoms with Crippen molar-refractivity contribution in [3.8, 4) is 0 Å². The highest BCUT2D eigenvalue weighted by molar-refractivity contribution is 9.10. The van der Waals surface area contributed by atoms with E-state index < -0.39 is 17.4 Å². The lowest BCUT2D eigenvalue weighted by atomic mass is 9.75. The molecule has 6 nitrogen and oxygen atoms in total. The number of nitrogens with zero attached hydrogens (tertiary/aromatic N) is 2. The van der Waals surface area contributed by atoms with Crippen LogP contribution in [-0.2, 0) is 19.9 Å². The molecule has 0 aliphatic carbocycles. The fourth-order valence-corrected chi connectivity index (χ4v) is 7.22. The summed E-state index contributed by atoms with van der Waals surface area (Å²) in [6, 6.07) is 9.51. The van der Waals surface area contributed by atoms with Gasteiger partial charge in [0, 0.05) is 21.8 Å². The number of amides is 3. The number of nitrogens with one attached hydrogen (secondary N) is 1. The fourth-order valence-electron chi connectivity index (χ4n) is 6.55. The lowest BCUT2D eigenvalue weighted by Crippen LogP contribution is -2.54. The van der Waals surface area contributed by atoms with Gasteiger partial charge in [0.1, 0.15) is 5.54 Å². The average molecular weight is 494 g/mol. The Balaban J connectivity index is 1.57. The van der Waals surface area contributed by atoms with E-state index in [1.165, 1.54) is 4.90 Å². The number of benzene rings is 2. The summed E-state index contributed by atoms with van der Waals surface area (Å²) < 4.78 is 0.708. The van der Waals surface area contributed by atoms with E-state index in [4.69, 9.17) is 0 Å². The minimum atomic E-state index is -1.13. The van der Waals surface area contributed by atoms with Crippen molar-refractivity contribution in [3.63, 3.8) is 0 Å². The van der Waals surface area contributed by atoms with Crippen LogP contribution in [0.25, 0.3) is 0 Å². The first-order valence-corrected chi connectivity index (χ1v) is 11.9. The number of imide groups is 1. The average Bonchev–Trinajstić information content (AvgIpc) is 3.45. The van der Waals surface area contributed by atoms with Gasteiger partial charge in [0.05, 0.1) is 17.5 Å². The topological polar surface area (TPSA) is 69.7 Å². The third kappa shape index (κ3) is 2.21. The van der Waals surface area contributed by atoms with Crippen LogP contribution in [0.15, 0.2) is 34.8 Å². The summed E-state index contributed by atoms with van der Waals surface area (Å²) in [7, 11) is 0. The van der Waals surface area contributed by atoms with E-state index in [9.17, 15) is 14.4 Å². The molecule has 2 aromatic carbocycles. The zero-order chi connectivity index (χ0) is 22.5. The molecule has 4 heterocycles. The molecule has 2 aromatic rings. The van der Waals surface area contributed by atoms with E-state index in [1.54, 1.807) is 0 Å². The van der Waals surface area contributed by atoms with Crippen LogP contribution in [0.1, 0.15) is 35.1 Å². The van der Waals surface area contributed by atoms with E-state index in [0.29, 0.717) is 16.7 Å². The number of hydrogen-bond donors (Lipinski definition) is 1. The van der Waals surface area contributed by atoms with Crippen molar-refractivity contribution in [2.75, 3.05) is 16.8 Å². The highest BCUT2D eigenvalue weighted by Crippen LogP contribution is 2.61. The fraction of sp³-hybridized carbons (Fsp3) is 0.400. The van der Waals surface area contributed by atoms with Crippen molar-refractivity contribution in [3.05, 3.63) is 57.1 Å². The third-order valence-corrected chi connectivity index (χ3v) is 8.68. The first-order chi connectivity index (χ1) is 15.3. The molecule has 0 aromatic heterocycles. The summed E-state index contributed by atoms with van der Waals surface area (Å²) in [4.78, 5) is 45.0. The quantitative estimate of drug-likeness (QED) is 0.613. The Morgan fingerprint density at radius 2 is 1.84 bits per heavy atom. The highest BCUT2D eigenvalue weighted by atomic mass is 79.9. The van der Waals surface area contributed by atoms with Crippen molar-refractivity contribution >= 4 is 45.0 Å². The number of carbonyl (C=O) groups excluding carboxylic acids is 3. The Morgan fingerprint density at radius 3 is 2.59 bits per heavy atom. The van der Waals surface area contributed by atoms with Crippen LogP contribution in [0.4, 0.5) is 11.4 Å². The van der Waals surface area contributed by atoms with E-state index >= 15 is 0 Å². The smallest absolute Gasteiger partial charge is 0.250 e. The molecule has 1 spiro atoms. The summed E-state index contributed by atoms with van der Waals surface area (Å²) in [6.07, 6.45) is 1.73. The summed E-state index contributed by atoms with van der Waals surface area (Å²) >= 11 is 3.54. The van der Waals surface area contributed by atoms with Gasteiger partial charge in [0.2, 0.25) is 17.7 Å². The number of aryl methyl sites for hydroxylation is 2. The molecule has 1 N–H and O–H groups in total. The molecule has 6 rings (SSSR count). The van der Waals surface area contributed by atoms with Gasteiger partial charge in [-0.3, -0.25) is 19.3 Å². The Bertz CT molecular complexity index is 1240. The lowest BCUT2D eigenvalue weighted by molar-refractivity contribution is -0.135. The molecule has 3 saturated heterocycles. The van der Waals surface area contributed by atoms with Crippen LogP contribution in [0, 0.1) is 32.6 Å². The van der Waals surface area contributed by atoms with Gasteiger partial charge in [0.15, 0.2) is 0 Å². The molecule has 4 aliphatic heterocycles. The molecule has 4 aliphatic rings. The molecule has 0 unspecified atom stereocenters. The van der Waals surface area contributed by atoms with Gasteiger partial charge in [-0.2, -0.15) is 0 Å². The zero-order valence-corrected chi connectivity index (χ0v) is 19.8. The molecule has 0 radical (unpaired) electrons. The van der Waals surface area contributed by atoms with Crippen LogP contribution in [0.2, 0.25) is 0 Å². The maximum atomic E-state index is 14.0. The minimum absolute atomic E-state index is 0.107. The Morgan fingerprint density at radius 1 is 1.06 bits per heavy atom. The standard InChI is InChI=1S/C25H24BrN3O3/c1-12-6-9-17(16(26)11-12)29-22(30)19-18-5-4-10-28(18)25(20(19)23(29)31)15-8-7-13(2)14(3)21(15)27-24(25)32/h6-9,11,18-20H,4-5,10H2,1-3H3,(H,27,32)/t18-,19+,20+,25-/m0/s1. The second kappa shape index (κ2) is 6.51. The number of halogens is 1. The number of rotatable bonds is 1. The summed E-state index contributed by atoms with van der Waals surface area (Å²) in [5, 5.41) is 3.10. The second-order valence-electron chi connectivity index (χ2n) is 9.52. The van der Waals surface area contributed by atoms with Crippen molar-refractivity contribution in [2.24, 2.45) is 11.8 Å². The summed E-state index contributed by atoms with van der Waals surface area (Å²) in [5.41, 5.74) is 4.21. The number of hydrogen-bond acceptors (Lipinski definition) is 4. The first-order valence-electron chi connectivity index (χ1n) is 11.1. The van der Waals surface area contributed by atoms with Crippen LogP contribution >= 0.6 is 15.9 Å². The molecule has 32 heavy (non-hydrogen) atoms. The van der Waals surface area contributed by atoms with Crippen molar-refractivity contribution < 1.29 is 14.4 Å². The molecular formula is C25H24BrN3O3. The van der Waals surface area contributed by atoms with Crippen molar-refractivity contribution in [1.82, 2.24) is 4.90 Å². The van der Waals surface area contributed by atoms with Gasteiger partial charge >= 0.3 is 0 Å². The highest BCUT2D eigenvalue weighted by Gasteiger charge is 2.74. The third-order valence-electron chi connectivity index (χ3n) is 8.04. The Labute approximate surface area is 195 Å². The number of anilines is 2. The lowest BCUT2D eigenvalue weighted by Gasteiger charge is -2.36. The zero-order valence-electron chi connectivity index (χ0n) is 18.2. The monoisotopic (exact) mass is 493 g/mol. The molecular weight excluding hydrogens is 470 g/mol. The van der Waals surface area contributed by atoms with Crippen LogP contribution in [-0.4, -0.2) is 35.2 Å². The van der Waals surface area contributed by atoms with Gasteiger partial charge in [0.25, 0.3) is 0 Å². The Kier molecular flexibility index (Phi) is 4.10. The summed E-state index contributed by atoms with van der Waals surface area (Å²) in [6.45, 7) is 6.70. The van der Waals surface area contributed by atoms with Gasteiger partial charge in [-0.1, -0.05) is 18.2 Å². The maximum Gasteiger partial charge on any atom is 0.250 e. The second-order valence-corrected chi connectivity index (χ2v) is 10.4. The van der Waals surface area contributed by atoms with Crippen molar-refractivity contribution in [1.29, 1.82) is 0 Å². The predicted octanol–water partition coefficient (Wildman–Crippen LogP) is 3.81. The van der Waals surface area contributed by atoms with E-state index in [-0.39, 0.29) is 23.8 Å².